The van der Waals surface area contributed by atoms with Gasteiger partial charge in [0.1, 0.15) is 0 Å². The zero-order valence-electron chi connectivity index (χ0n) is 15.0. The lowest BCUT2D eigenvalue weighted by molar-refractivity contribution is -0.141. The lowest BCUT2D eigenvalue weighted by Crippen LogP contribution is -2.26. The number of carbonyl (C=O) groups excluding carboxylic acids is 2. The van der Waals surface area contributed by atoms with E-state index in [-0.39, 0.29) is 17.1 Å². The molecule has 2 unspecified atom stereocenters. The van der Waals surface area contributed by atoms with Crippen LogP contribution in [0.2, 0.25) is 0 Å². The molecule has 0 fully saturated rings. The first-order valence-corrected chi connectivity index (χ1v) is 9.46. The van der Waals surface area contributed by atoms with Gasteiger partial charge in [0, 0.05) is 16.1 Å². The summed E-state index contributed by atoms with van der Waals surface area (Å²) >= 11 is 1.47. The Balaban J connectivity index is 1.68. The number of anilines is 2. The number of aliphatic carboxylic acids is 1. The van der Waals surface area contributed by atoms with Crippen LogP contribution in [0.1, 0.15) is 29.8 Å². The fraction of sp³-hybridized carbons (Fsp3) is 0.250. The van der Waals surface area contributed by atoms with Gasteiger partial charge in [0.25, 0.3) is 5.91 Å². The molecule has 27 heavy (non-hydrogen) atoms. The van der Waals surface area contributed by atoms with Gasteiger partial charge in [0.15, 0.2) is 0 Å². The second kappa shape index (κ2) is 7.84. The van der Waals surface area contributed by atoms with E-state index >= 15 is 0 Å². The van der Waals surface area contributed by atoms with Gasteiger partial charge >= 0.3 is 5.97 Å². The van der Waals surface area contributed by atoms with Crippen molar-refractivity contribution in [1.82, 2.24) is 0 Å². The molecule has 0 spiro atoms. The molecule has 1 aliphatic rings. The summed E-state index contributed by atoms with van der Waals surface area (Å²) in [7, 11) is 0. The van der Waals surface area contributed by atoms with Crippen molar-refractivity contribution in [3.8, 4) is 0 Å². The van der Waals surface area contributed by atoms with Crippen LogP contribution in [0, 0.1) is 5.92 Å². The van der Waals surface area contributed by atoms with E-state index < -0.39 is 11.9 Å². The molecule has 3 rings (SSSR count). The number of nitrogens with one attached hydrogen (secondary N) is 2. The highest BCUT2D eigenvalue weighted by atomic mass is 32.2. The second-order valence-electron chi connectivity index (χ2n) is 6.55. The summed E-state index contributed by atoms with van der Waals surface area (Å²) in [6, 6.07) is 12.3. The molecule has 1 aliphatic heterocycles. The highest BCUT2D eigenvalue weighted by Crippen LogP contribution is 2.36. The van der Waals surface area contributed by atoms with Crippen molar-refractivity contribution < 1.29 is 19.5 Å². The normalized spacial score (nSPS) is 16.8. The third kappa shape index (κ3) is 4.49. The van der Waals surface area contributed by atoms with Crippen molar-refractivity contribution in [2.45, 2.75) is 30.4 Å². The molecule has 0 saturated heterocycles. The summed E-state index contributed by atoms with van der Waals surface area (Å²) in [4.78, 5) is 36.2. The van der Waals surface area contributed by atoms with Crippen LogP contribution in [0.3, 0.4) is 0 Å². The van der Waals surface area contributed by atoms with E-state index in [1.807, 2.05) is 13.0 Å². The Hall–Kier alpha value is -2.80. The smallest absolute Gasteiger partial charge is 0.306 e. The van der Waals surface area contributed by atoms with Crippen molar-refractivity contribution in [3.63, 3.8) is 0 Å². The topological polar surface area (TPSA) is 95.5 Å². The molecule has 0 aliphatic carbocycles. The first-order valence-electron chi connectivity index (χ1n) is 8.58. The van der Waals surface area contributed by atoms with Crippen LogP contribution in [0.4, 0.5) is 11.4 Å². The molecule has 0 bridgehead atoms. The Morgan fingerprint density at radius 3 is 2.59 bits per heavy atom. The zero-order valence-corrected chi connectivity index (χ0v) is 15.8. The van der Waals surface area contributed by atoms with E-state index in [0.717, 1.165) is 10.5 Å². The number of benzene rings is 2. The summed E-state index contributed by atoms with van der Waals surface area (Å²) in [6.45, 7) is 3.50. The Bertz CT molecular complexity index is 895. The molecule has 6 nitrogen and oxygen atoms in total. The van der Waals surface area contributed by atoms with Crippen LogP contribution in [0.5, 0.6) is 0 Å². The molecule has 2 amide bonds. The predicted molar refractivity (Wildman–Crippen MR) is 105 cm³/mol. The molecule has 140 valence electrons. The van der Waals surface area contributed by atoms with Gasteiger partial charge in [0.2, 0.25) is 5.91 Å². The maximum Gasteiger partial charge on any atom is 0.306 e. The summed E-state index contributed by atoms with van der Waals surface area (Å²) in [5.41, 5.74) is 2.61. The lowest BCUT2D eigenvalue weighted by atomic mass is 10.0. The lowest BCUT2D eigenvalue weighted by Gasteiger charge is -2.21. The first-order chi connectivity index (χ1) is 12.8. The Kier molecular flexibility index (Phi) is 5.51. The highest BCUT2D eigenvalue weighted by molar-refractivity contribution is 8.00. The standard InChI is InChI=1S/C20H20N2O4S/c1-11(20(25)26)9-13-3-6-15(7-4-13)21-19(24)14-5-8-17-16(10-14)22-18(23)12(2)27-17/h3-8,10-12H,9H2,1-2H3,(H,21,24)(H,22,23)(H,25,26). The number of carboxylic acids is 1. The van der Waals surface area contributed by atoms with Crippen molar-refractivity contribution >= 4 is 40.9 Å². The van der Waals surface area contributed by atoms with Crippen LogP contribution < -0.4 is 10.6 Å². The van der Waals surface area contributed by atoms with E-state index in [9.17, 15) is 14.4 Å². The van der Waals surface area contributed by atoms with Crippen LogP contribution >= 0.6 is 11.8 Å². The third-order valence-corrected chi connectivity index (χ3v) is 5.53. The fourth-order valence-electron chi connectivity index (χ4n) is 2.72. The minimum Gasteiger partial charge on any atom is -0.481 e. The number of carboxylic acid groups (broad SMARTS) is 1. The van der Waals surface area contributed by atoms with E-state index in [1.165, 1.54) is 11.8 Å². The summed E-state index contributed by atoms with van der Waals surface area (Å²) in [5, 5.41) is 14.4. The highest BCUT2D eigenvalue weighted by Gasteiger charge is 2.23. The summed E-state index contributed by atoms with van der Waals surface area (Å²) < 4.78 is 0. The molecule has 0 saturated carbocycles. The van der Waals surface area contributed by atoms with Crippen molar-refractivity contribution in [2.75, 3.05) is 10.6 Å². The minimum atomic E-state index is -0.834. The number of carbonyl (C=O) groups is 3. The largest absolute Gasteiger partial charge is 0.481 e. The first kappa shape index (κ1) is 19.0. The fourth-order valence-corrected chi connectivity index (χ4v) is 3.65. The molecule has 0 radical (unpaired) electrons. The van der Waals surface area contributed by atoms with Crippen LogP contribution in [-0.2, 0) is 16.0 Å². The van der Waals surface area contributed by atoms with Crippen molar-refractivity contribution in [3.05, 3.63) is 53.6 Å². The van der Waals surface area contributed by atoms with E-state index in [4.69, 9.17) is 5.11 Å². The molecule has 2 aromatic carbocycles. The monoisotopic (exact) mass is 384 g/mol. The molecule has 7 heteroatoms. The number of rotatable bonds is 5. The maximum absolute atomic E-state index is 12.5. The molecule has 2 aromatic rings. The van der Waals surface area contributed by atoms with E-state index in [1.54, 1.807) is 43.3 Å². The van der Waals surface area contributed by atoms with Gasteiger partial charge in [-0.25, -0.2) is 0 Å². The predicted octanol–water partition coefficient (Wildman–Crippen LogP) is 3.63. The molecule has 0 aromatic heterocycles. The Labute approximate surface area is 161 Å². The quantitative estimate of drug-likeness (QED) is 0.732. The van der Waals surface area contributed by atoms with Crippen LogP contribution in [0.15, 0.2) is 47.4 Å². The van der Waals surface area contributed by atoms with Gasteiger partial charge in [-0.2, -0.15) is 0 Å². The molecular weight excluding hydrogens is 364 g/mol. The van der Waals surface area contributed by atoms with Gasteiger partial charge in [-0.05, 0) is 49.2 Å². The number of hydrogen-bond acceptors (Lipinski definition) is 4. The average molecular weight is 384 g/mol. The van der Waals surface area contributed by atoms with Gasteiger partial charge in [-0.1, -0.05) is 19.1 Å². The third-order valence-electron chi connectivity index (χ3n) is 4.35. The van der Waals surface area contributed by atoms with E-state index in [2.05, 4.69) is 10.6 Å². The van der Waals surface area contributed by atoms with Gasteiger partial charge in [0.05, 0.1) is 16.9 Å². The van der Waals surface area contributed by atoms with Crippen LogP contribution in [0.25, 0.3) is 0 Å². The SMILES string of the molecule is CC(Cc1ccc(NC(=O)c2ccc3c(c2)NC(=O)C(C)S3)cc1)C(=O)O. The average Bonchev–Trinajstić information content (AvgIpc) is 2.63. The molecule has 1 heterocycles. The molecule has 3 N–H and O–H groups in total. The van der Waals surface area contributed by atoms with Crippen molar-refractivity contribution in [2.24, 2.45) is 5.92 Å². The van der Waals surface area contributed by atoms with E-state index in [0.29, 0.717) is 23.4 Å². The number of amides is 2. The molecular formula is C20H20N2O4S. The van der Waals surface area contributed by atoms with Gasteiger partial charge in [-0.15, -0.1) is 11.8 Å². The van der Waals surface area contributed by atoms with Gasteiger partial charge < -0.3 is 15.7 Å². The zero-order chi connectivity index (χ0) is 19.6. The molecule has 2 atom stereocenters. The number of hydrogen-bond donors (Lipinski definition) is 3. The minimum absolute atomic E-state index is 0.0729. The van der Waals surface area contributed by atoms with Gasteiger partial charge in [-0.3, -0.25) is 14.4 Å². The summed E-state index contributed by atoms with van der Waals surface area (Å²) in [5.74, 6) is -1.64. The summed E-state index contributed by atoms with van der Waals surface area (Å²) in [6.07, 6.45) is 0.435. The second-order valence-corrected chi connectivity index (χ2v) is 7.94. The maximum atomic E-state index is 12.5. The number of fused-ring (bicyclic) bond motifs is 1. The van der Waals surface area contributed by atoms with Crippen LogP contribution in [-0.4, -0.2) is 28.1 Å². The Morgan fingerprint density at radius 2 is 1.93 bits per heavy atom. The van der Waals surface area contributed by atoms with Crippen molar-refractivity contribution in [1.29, 1.82) is 0 Å². The Morgan fingerprint density at radius 1 is 1.22 bits per heavy atom. The number of thioether (sulfide) groups is 1.